The van der Waals surface area contributed by atoms with Crippen molar-refractivity contribution in [3.05, 3.63) is 101 Å². The Hall–Kier alpha value is -3.47. The van der Waals surface area contributed by atoms with Crippen molar-refractivity contribution in [1.82, 2.24) is 0 Å². The van der Waals surface area contributed by atoms with Gasteiger partial charge in [-0.1, -0.05) is 48.0 Å². The molecule has 0 amide bonds. The third-order valence-electron chi connectivity index (χ3n) is 3.88. The minimum absolute atomic E-state index is 0.160. The summed E-state index contributed by atoms with van der Waals surface area (Å²) in [6.45, 7) is 1.97. The molecule has 0 aromatic heterocycles. The van der Waals surface area contributed by atoms with Crippen LogP contribution in [0.25, 0.3) is 0 Å². The lowest BCUT2D eigenvalue weighted by atomic mass is 9.97. The van der Waals surface area contributed by atoms with Gasteiger partial charge in [-0.15, -0.1) is 0 Å². The fourth-order valence-corrected chi connectivity index (χ4v) is 2.51. The Kier molecular flexibility index (Phi) is 5.08. The highest BCUT2D eigenvalue weighted by atomic mass is 19.1. The third-order valence-corrected chi connectivity index (χ3v) is 3.88. The van der Waals surface area contributed by atoms with Crippen molar-refractivity contribution in [1.29, 1.82) is 0 Å². The van der Waals surface area contributed by atoms with E-state index in [-0.39, 0.29) is 11.4 Å². The predicted octanol–water partition coefficient (Wildman–Crippen LogP) is 4.70. The molecule has 5 heteroatoms. The number of carbonyl (C=O) groups is 1. The highest BCUT2D eigenvalue weighted by Crippen LogP contribution is 2.18. The minimum atomic E-state index is -1.03. The van der Waals surface area contributed by atoms with E-state index in [0.29, 0.717) is 17.0 Å². The van der Waals surface area contributed by atoms with Crippen LogP contribution in [-0.4, -0.2) is 16.8 Å². The molecule has 2 N–H and O–H groups in total. The Bertz CT molecular complexity index is 949. The molecule has 0 unspecified atom stereocenters. The number of aromatic carboxylic acids is 1. The zero-order valence-corrected chi connectivity index (χ0v) is 14.1. The standard InChI is InChI=1S/C21H17FN2O2/c1-14-6-8-15(9-7-14)20(18-4-2-3-5-19(18)21(25)26)24-23-17-12-10-16(22)11-13-17/h2-13,23H,1H3,(H,25,26)/b24-20-. The molecule has 0 saturated carbocycles. The van der Waals surface area contributed by atoms with Crippen LogP contribution in [0.2, 0.25) is 0 Å². The second-order valence-electron chi connectivity index (χ2n) is 5.80. The zero-order valence-electron chi connectivity index (χ0n) is 14.1. The SMILES string of the molecule is Cc1ccc(/C(=N/Nc2ccc(F)cc2)c2ccccc2C(=O)O)cc1. The van der Waals surface area contributed by atoms with Gasteiger partial charge in [-0.25, -0.2) is 9.18 Å². The van der Waals surface area contributed by atoms with Gasteiger partial charge in [0, 0.05) is 11.1 Å². The number of hydrazone groups is 1. The summed E-state index contributed by atoms with van der Waals surface area (Å²) < 4.78 is 13.1. The van der Waals surface area contributed by atoms with Crippen LogP contribution in [0, 0.1) is 12.7 Å². The van der Waals surface area contributed by atoms with Gasteiger partial charge >= 0.3 is 5.97 Å². The maximum absolute atomic E-state index is 13.1. The molecule has 130 valence electrons. The molecular formula is C21H17FN2O2. The van der Waals surface area contributed by atoms with Gasteiger partial charge in [0.15, 0.2) is 0 Å². The number of carboxylic acid groups (broad SMARTS) is 1. The van der Waals surface area contributed by atoms with Gasteiger partial charge in [0.25, 0.3) is 0 Å². The van der Waals surface area contributed by atoms with Crippen molar-refractivity contribution in [3.8, 4) is 0 Å². The quantitative estimate of drug-likeness (QED) is 0.519. The van der Waals surface area contributed by atoms with E-state index in [1.807, 2.05) is 31.2 Å². The molecule has 0 spiro atoms. The Morgan fingerprint density at radius 2 is 1.54 bits per heavy atom. The van der Waals surface area contributed by atoms with Gasteiger partial charge in [-0.3, -0.25) is 5.43 Å². The number of carboxylic acids is 1. The lowest BCUT2D eigenvalue weighted by molar-refractivity contribution is 0.0696. The molecule has 0 aliphatic rings. The smallest absolute Gasteiger partial charge is 0.336 e. The van der Waals surface area contributed by atoms with Gasteiger partial charge in [0.2, 0.25) is 0 Å². The summed E-state index contributed by atoms with van der Waals surface area (Å²) in [4.78, 5) is 11.6. The molecule has 4 nitrogen and oxygen atoms in total. The van der Waals surface area contributed by atoms with E-state index >= 15 is 0 Å². The van der Waals surface area contributed by atoms with E-state index < -0.39 is 5.97 Å². The van der Waals surface area contributed by atoms with Gasteiger partial charge < -0.3 is 5.11 Å². The first-order chi connectivity index (χ1) is 12.5. The monoisotopic (exact) mass is 348 g/mol. The summed E-state index contributed by atoms with van der Waals surface area (Å²) in [7, 11) is 0. The molecule has 0 saturated heterocycles. The highest BCUT2D eigenvalue weighted by Gasteiger charge is 2.16. The molecule has 0 aliphatic carbocycles. The fourth-order valence-electron chi connectivity index (χ4n) is 2.51. The van der Waals surface area contributed by atoms with E-state index in [1.54, 1.807) is 36.4 Å². The number of anilines is 1. The van der Waals surface area contributed by atoms with Crippen LogP contribution in [0.5, 0.6) is 0 Å². The summed E-state index contributed by atoms with van der Waals surface area (Å²) in [5.41, 5.74) is 6.50. The molecule has 3 rings (SSSR count). The number of hydrogen-bond acceptors (Lipinski definition) is 3. The maximum Gasteiger partial charge on any atom is 0.336 e. The first kappa shape index (κ1) is 17.4. The van der Waals surface area contributed by atoms with E-state index in [4.69, 9.17) is 0 Å². The summed E-state index contributed by atoms with van der Waals surface area (Å²) in [6, 6.07) is 20.1. The van der Waals surface area contributed by atoms with E-state index in [0.717, 1.165) is 11.1 Å². The van der Waals surface area contributed by atoms with Crippen LogP contribution in [0.15, 0.2) is 77.9 Å². The molecule has 0 fully saturated rings. The summed E-state index contributed by atoms with van der Waals surface area (Å²) in [5, 5.41) is 13.9. The van der Waals surface area contributed by atoms with Crippen LogP contribution in [-0.2, 0) is 0 Å². The second-order valence-corrected chi connectivity index (χ2v) is 5.80. The number of rotatable bonds is 5. The largest absolute Gasteiger partial charge is 0.478 e. The fraction of sp³-hybridized carbons (Fsp3) is 0.0476. The molecular weight excluding hydrogens is 331 g/mol. The summed E-state index contributed by atoms with van der Waals surface area (Å²) in [6.07, 6.45) is 0. The van der Waals surface area contributed by atoms with Crippen molar-refractivity contribution >= 4 is 17.4 Å². The van der Waals surface area contributed by atoms with Gasteiger partial charge in [-0.2, -0.15) is 5.10 Å². The number of halogens is 1. The minimum Gasteiger partial charge on any atom is -0.478 e. The first-order valence-corrected chi connectivity index (χ1v) is 8.03. The van der Waals surface area contributed by atoms with Crippen LogP contribution >= 0.6 is 0 Å². The van der Waals surface area contributed by atoms with Crippen molar-refractivity contribution in [3.63, 3.8) is 0 Å². The van der Waals surface area contributed by atoms with Crippen LogP contribution in [0.1, 0.15) is 27.0 Å². The Morgan fingerprint density at radius 3 is 2.15 bits per heavy atom. The summed E-state index contributed by atoms with van der Waals surface area (Å²) in [5.74, 6) is -1.36. The van der Waals surface area contributed by atoms with Crippen molar-refractivity contribution in [2.45, 2.75) is 6.92 Å². The first-order valence-electron chi connectivity index (χ1n) is 8.03. The number of nitrogens with zero attached hydrogens (tertiary/aromatic N) is 1. The molecule has 3 aromatic carbocycles. The van der Waals surface area contributed by atoms with Crippen molar-refractivity contribution in [2.75, 3.05) is 5.43 Å². The highest BCUT2D eigenvalue weighted by molar-refractivity contribution is 6.17. The molecule has 0 aliphatic heterocycles. The molecule has 0 bridgehead atoms. The Morgan fingerprint density at radius 1 is 0.923 bits per heavy atom. The van der Waals surface area contributed by atoms with E-state index in [1.165, 1.54) is 12.1 Å². The molecule has 26 heavy (non-hydrogen) atoms. The van der Waals surface area contributed by atoms with Gasteiger partial charge in [-0.05, 0) is 37.3 Å². The van der Waals surface area contributed by atoms with Gasteiger partial charge in [0.1, 0.15) is 5.82 Å². The van der Waals surface area contributed by atoms with Crippen LogP contribution in [0.4, 0.5) is 10.1 Å². The molecule has 0 radical (unpaired) electrons. The lowest BCUT2D eigenvalue weighted by Gasteiger charge is -2.11. The molecule has 0 heterocycles. The lowest BCUT2D eigenvalue weighted by Crippen LogP contribution is -2.12. The number of nitrogens with one attached hydrogen (secondary N) is 1. The maximum atomic E-state index is 13.1. The number of benzene rings is 3. The van der Waals surface area contributed by atoms with Crippen molar-refractivity contribution < 1.29 is 14.3 Å². The average Bonchev–Trinajstić information content (AvgIpc) is 2.65. The number of hydrogen-bond donors (Lipinski definition) is 2. The summed E-state index contributed by atoms with van der Waals surface area (Å²) >= 11 is 0. The van der Waals surface area contributed by atoms with Crippen LogP contribution in [0.3, 0.4) is 0 Å². The van der Waals surface area contributed by atoms with Gasteiger partial charge in [0.05, 0.1) is 17.0 Å². The third kappa shape index (κ3) is 3.95. The predicted molar refractivity (Wildman–Crippen MR) is 100 cm³/mol. The molecule has 0 atom stereocenters. The number of aryl methyl sites for hydroxylation is 1. The van der Waals surface area contributed by atoms with Crippen molar-refractivity contribution in [2.24, 2.45) is 5.10 Å². The van der Waals surface area contributed by atoms with Crippen LogP contribution < -0.4 is 5.43 Å². The average molecular weight is 348 g/mol. The van der Waals surface area contributed by atoms with E-state index in [9.17, 15) is 14.3 Å². The Labute approximate surface area is 150 Å². The van der Waals surface area contributed by atoms with E-state index in [2.05, 4.69) is 10.5 Å². The Balaban J connectivity index is 2.07. The zero-order chi connectivity index (χ0) is 18.5. The second kappa shape index (κ2) is 7.61. The topological polar surface area (TPSA) is 61.7 Å². The normalized spacial score (nSPS) is 11.2. The molecule has 3 aromatic rings.